The van der Waals surface area contributed by atoms with E-state index in [0.717, 1.165) is 18.5 Å². The molecule has 1 unspecified atom stereocenters. The molecule has 1 heterocycles. The average molecular weight is 352 g/mol. The maximum atomic E-state index is 13.4. The van der Waals surface area contributed by atoms with Crippen molar-refractivity contribution in [2.75, 3.05) is 18.0 Å². The molecule has 26 heavy (non-hydrogen) atoms. The standard InChI is InChI=1S/C21H21FN2O2/c1-14-20(25)24(19-9-8-15-4-2-5-16(15)13-19)11-10-23(14)21(26)17-6-3-7-18(22)12-17/h3,6-9,12-14H,2,4-5,10-11H2,1H3. The monoisotopic (exact) mass is 352 g/mol. The zero-order chi connectivity index (χ0) is 18.3. The molecule has 2 aromatic rings. The maximum Gasteiger partial charge on any atom is 0.254 e. The zero-order valence-corrected chi connectivity index (χ0v) is 14.7. The van der Waals surface area contributed by atoms with Crippen LogP contribution in [0.15, 0.2) is 42.5 Å². The first-order valence-corrected chi connectivity index (χ1v) is 9.04. The summed E-state index contributed by atoms with van der Waals surface area (Å²) in [5.74, 6) is -0.857. The number of anilines is 1. The van der Waals surface area contributed by atoms with Crippen LogP contribution in [0.5, 0.6) is 0 Å². The Morgan fingerprint density at radius 3 is 2.69 bits per heavy atom. The third kappa shape index (κ3) is 2.87. The van der Waals surface area contributed by atoms with Crippen LogP contribution >= 0.6 is 0 Å². The van der Waals surface area contributed by atoms with Crippen LogP contribution < -0.4 is 4.90 Å². The van der Waals surface area contributed by atoms with E-state index in [1.54, 1.807) is 17.9 Å². The lowest BCUT2D eigenvalue weighted by Gasteiger charge is -2.39. The van der Waals surface area contributed by atoms with Gasteiger partial charge in [-0.15, -0.1) is 0 Å². The molecule has 0 bridgehead atoms. The van der Waals surface area contributed by atoms with Crippen molar-refractivity contribution in [3.8, 4) is 0 Å². The van der Waals surface area contributed by atoms with Gasteiger partial charge in [0.1, 0.15) is 11.9 Å². The van der Waals surface area contributed by atoms with E-state index in [0.29, 0.717) is 13.1 Å². The van der Waals surface area contributed by atoms with Gasteiger partial charge in [0, 0.05) is 24.3 Å². The fourth-order valence-electron chi connectivity index (χ4n) is 3.92. The molecule has 134 valence electrons. The first-order chi connectivity index (χ1) is 12.5. The third-order valence-corrected chi connectivity index (χ3v) is 5.38. The summed E-state index contributed by atoms with van der Waals surface area (Å²) in [6, 6.07) is 11.2. The second-order valence-electron chi connectivity index (χ2n) is 6.98. The zero-order valence-electron chi connectivity index (χ0n) is 14.7. The Bertz CT molecular complexity index is 880. The Morgan fingerprint density at radius 2 is 1.88 bits per heavy atom. The van der Waals surface area contributed by atoms with Crippen LogP contribution in [-0.2, 0) is 17.6 Å². The smallest absolute Gasteiger partial charge is 0.254 e. The lowest BCUT2D eigenvalue weighted by Crippen LogP contribution is -2.57. The van der Waals surface area contributed by atoms with Gasteiger partial charge in [0.05, 0.1) is 0 Å². The molecular formula is C21H21FN2O2. The SMILES string of the molecule is CC1C(=O)N(c2ccc3c(c2)CCC3)CCN1C(=O)c1cccc(F)c1. The summed E-state index contributed by atoms with van der Waals surface area (Å²) >= 11 is 0. The Morgan fingerprint density at radius 1 is 1.08 bits per heavy atom. The van der Waals surface area contributed by atoms with E-state index in [2.05, 4.69) is 12.1 Å². The van der Waals surface area contributed by atoms with Crippen LogP contribution in [0.1, 0.15) is 34.8 Å². The molecular weight excluding hydrogens is 331 g/mol. The predicted molar refractivity (Wildman–Crippen MR) is 97.7 cm³/mol. The van der Waals surface area contributed by atoms with Gasteiger partial charge in [-0.2, -0.15) is 0 Å². The highest BCUT2D eigenvalue weighted by Gasteiger charge is 2.35. The summed E-state index contributed by atoms with van der Waals surface area (Å²) in [6.07, 6.45) is 3.33. The molecule has 1 aliphatic carbocycles. The van der Waals surface area contributed by atoms with Gasteiger partial charge in [0.2, 0.25) is 5.91 Å². The van der Waals surface area contributed by atoms with Crippen molar-refractivity contribution in [2.24, 2.45) is 0 Å². The van der Waals surface area contributed by atoms with Crippen LogP contribution in [0.2, 0.25) is 0 Å². The van der Waals surface area contributed by atoms with E-state index in [1.807, 2.05) is 6.07 Å². The van der Waals surface area contributed by atoms with Crippen molar-refractivity contribution < 1.29 is 14.0 Å². The van der Waals surface area contributed by atoms with E-state index in [1.165, 1.54) is 40.6 Å². The number of benzene rings is 2. The number of nitrogens with zero attached hydrogens (tertiary/aromatic N) is 2. The molecule has 0 saturated carbocycles. The predicted octanol–water partition coefficient (Wildman–Crippen LogP) is 3.19. The average Bonchev–Trinajstić information content (AvgIpc) is 3.11. The minimum Gasteiger partial charge on any atom is -0.325 e. The highest BCUT2D eigenvalue weighted by atomic mass is 19.1. The number of halogens is 1. The van der Waals surface area contributed by atoms with E-state index in [9.17, 15) is 14.0 Å². The number of hydrogen-bond acceptors (Lipinski definition) is 2. The molecule has 0 spiro atoms. The summed E-state index contributed by atoms with van der Waals surface area (Å²) in [4.78, 5) is 28.9. The van der Waals surface area contributed by atoms with E-state index in [4.69, 9.17) is 0 Å². The highest BCUT2D eigenvalue weighted by molar-refractivity contribution is 6.03. The van der Waals surface area contributed by atoms with Gasteiger partial charge in [-0.3, -0.25) is 9.59 Å². The van der Waals surface area contributed by atoms with Gasteiger partial charge in [-0.1, -0.05) is 12.1 Å². The van der Waals surface area contributed by atoms with E-state index >= 15 is 0 Å². The number of fused-ring (bicyclic) bond motifs is 1. The molecule has 5 heteroatoms. The van der Waals surface area contributed by atoms with Gasteiger partial charge in [-0.05, 0) is 67.6 Å². The number of hydrogen-bond donors (Lipinski definition) is 0. The Kier molecular flexibility index (Phi) is 4.23. The van der Waals surface area contributed by atoms with Crippen molar-refractivity contribution >= 4 is 17.5 Å². The first kappa shape index (κ1) is 16.8. The molecule has 1 saturated heterocycles. The molecule has 1 fully saturated rings. The minimum atomic E-state index is -0.576. The second kappa shape index (κ2) is 6.56. The van der Waals surface area contributed by atoms with Crippen molar-refractivity contribution in [1.29, 1.82) is 0 Å². The molecule has 2 aliphatic rings. The Hall–Kier alpha value is -2.69. The largest absolute Gasteiger partial charge is 0.325 e. The van der Waals surface area contributed by atoms with Gasteiger partial charge < -0.3 is 9.80 Å². The van der Waals surface area contributed by atoms with Crippen molar-refractivity contribution in [3.05, 3.63) is 65.0 Å². The second-order valence-corrected chi connectivity index (χ2v) is 6.98. The minimum absolute atomic E-state index is 0.0982. The lowest BCUT2D eigenvalue weighted by atomic mass is 10.1. The molecule has 0 radical (unpaired) electrons. The molecule has 0 aromatic heterocycles. The highest BCUT2D eigenvalue weighted by Crippen LogP contribution is 2.29. The number of carbonyl (C=O) groups is 2. The fourth-order valence-corrected chi connectivity index (χ4v) is 3.92. The molecule has 4 rings (SSSR count). The molecule has 4 nitrogen and oxygen atoms in total. The van der Waals surface area contributed by atoms with Crippen LogP contribution in [-0.4, -0.2) is 35.8 Å². The maximum absolute atomic E-state index is 13.4. The molecule has 2 amide bonds. The van der Waals surface area contributed by atoms with Crippen LogP contribution in [0.25, 0.3) is 0 Å². The number of piperazine rings is 1. The summed E-state index contributed by atoms with van der Waals surface area (Å²) < 4.78 is 13.4. The normalized spacial score (nSPS) is 19.6. The number of amides is 2. The number of aryl methyl sites for hydroxylation is 2. The van der Waals surface area contributed by atoms with Crippen LogP contribution in [0.4, 0.5) is 10.1 Å². The molecule has 1 atom stereocenters. The van der Waals surface area contributed by atoms with E-state index < -0.39 is 11.9 Å². The van der Waals surface area contributed by atoms with Crippen molar-refractivity contribution in [3.63, 3.8) is 0 Å². The summed E-state index contributed by atoms with van der Waals surface area (Å²) in [7, 11) is 0. The molecule has 0 N–H and O–H groups in total. The molecule has 1 aliphatic heterocycles. The molecule has 2 aromatic carbocycles. The van der Waals surface area contributed by atoms with Crippen LogP contribution in [0.3, 0.4) is 0 Å². The fraction of sp³-hybridized carbons (Fsp3) is 0.333. The third-order valence-electron chi connectivity index (χ3n) is 5.38. The summed E-state index contributed by atoms with van der Waals surface area (Å²) in [5, 5.41) is 0. The van der Waals surface area contributed by atoms with Gasteiger partial charge in [-0.25, -0.2) is 4.39 Å². The Labute approximate surface area is 152 Å². The van der Waals surface area contributed by atoms with Crippen molar-refractivity contribution in [1.82, 2.24) is 4.90 Å². The summed E-state index contributed by atoms with van der Waals surface area (Å²) in [6.45, 7) is 2.61. The first-order valence-electron chi connectivity index (χ1n) is 9.04. The van der Waals surface area contributed by atoms with Crippen molar-refractivity contribution in [2.45, 2.75) is 32.2 Å². The Balaban J connectivity index is 1.54. The van der Waals surface area contributed by atoms with Gasteiger partial charge in [0.25, 0.3) is 5.91 Å². The lowest BCUT2D eigenvalue weighted by molar-refractivity contribution is -0.124. The van der Waals surface area contributed by atoms with E-state index in [-0.39, 0.29) is 17.4 Å². The quantitative estimate of drug-likeness (QED) is 0.833. The number of carbonyl (C=O) groups excluding carboxylic acids is 2. The van der Waals surface area contributed by atoms with Gasteiger partial charge in [0.15, 0.2) is 0 Å². The number of rotatable bonds is 2. The van der Waals surface area contributed by atoms with Gasteiger partial charge >= 0.3 is 0 Å². The topological polar surface area (TPSA) is 40.6 Å². The summed E-state index contributed by atoms with van der Waals surface area (Å²) in [5.41, 5.74) is 3.87. The van der Waals surface area contributed by atoms with Crippen LogP contribution in [0, 0.1) is 5.82 Å².